The minimum absolute atomic E-state index is 0.0630. The Hall–Kier alpha value is -2.51. The second kappa shape index (κ2) is 10.6. The van der Waals surface area contributed by atoms with Crippen LogP contribution >= 0.6 is 11.3 Å². The molecule has 0 saturated heterocycles. The first-order valence-electron chi connectivity index (χ1n) is 12.1. The quantitative estimate of drug-likeness (QED) is 0.423. The Kier molecular flexibility index (Phi) is 7.60. The molecular weight excluding hydrogens is 434 g/mol. The second-order valence-electron chi connectivity index (χ2n) is 8.60. The number of benzene rings is 1. The zero-order valence-electron chi connectivity index (χ0n) is 19.9. The number of ether oxygens (including phenoxy) is 1. The van der Waals surface area contributed by atoms with Gasteiger partial charge in [0.15, 0.2) is 0 Å². The van der Waals surface area contributed by atoms with Crippen molar-refractivity contribution in [2.75, 3.05) is 19.7 Å². The summed E-state index contributed by atoms with van der Waals surface area (Å²) in [5.74, 6) is 0.497. The standard InChI is InChI=1S/C26H33N3O3S/c1-4-15-32-26(31)19-13-11-18(12-14-19)16-29-22(17-28(5-2)6-3)27-24-23(25(29)30)20-9-7-8-10-21(20)33-24/h11-14H,4-10,15-17H2,1-3H3. The van der Waals surface area contributed by atoms with Gasteiger partial charge in [-0.25, -0.2) is 9.78 Å². The van der Waals surface area contributed by atoms with Crippen LogP contribution in [0.25, 0.3) is 10.2 Å². The fourth-order valence-electron chi connectivity index (χ4n) is 4.42. The Morgan fingerprint density at radius 2 is 1.85 bits per heavy atom. The number of aromatic nitrogens is 2. The number of hydrogen-bond donors (Lipinski definition) is 0. The average molecular weight is 468 g/mol. The van der Waals surface area contributed by atoms with Crippen molar-refractivity contribution in [3.63, 3.8) is 0 Å². The molecule has 4 rings (SSSR count). The van der Waals surface area contributed by atoms with Crippen molar-refractivity contribution in [3.8, 4) is 0 Å². The summed E-state index contributed by atoms with van der Waals surface area (Å²) < 4.78 is 7.07. The van der Waals surface area contributed by atoms with Gasteiger partial charge in [0.25, 0.3) is 5.56 Å². The number of thiophene rings is 1. The van der Waals surface area contributed by atoms with Gasteiger partial charge in [0.05, 0.1) is 30.6 Å². The minimum atomic E-state index is -0.309. The molecule has 33 heavy (non-hydrogen) atoms. The summed E-state index contributed by atoms with van der Waals surface area (Å²) in [6.07, 6.45) is 5.14. The highest BCUT2D eigenvalue weighted by molar-refractivity contribution is 7.18. The van der Waals surface area contributed by atoms with Gasteiger partial charge in [-0.2, -0.15) is 0 Å². The molecule has 1 aromatic carbocycles. The fraction of sp³-hybridized carbons (Fsp3) is 0.500. The lowest BCUT2D eigenvalue weighted by molar-refractivity contribution is 0.0505. The van der Waals surface area contributed by atoms with Crippen LogP contribution in [0.15, 0.2) is 29.1 Å². The third-order valence-corrected chi connectivity index (χ3v) is 7.57. The largest absolute Gasteiger partial charge is 0.462 e. The molecule has 7 heteroatoms. The van der Waals surface area contributed by atoms with Gasteiger partial charge in [-0.1, -0.05) is 32.9 Å². The summed E-state index contributed by atoms with van der Waals surface area (Å²) in [4.78, 5) is 35.4. The summed E-state index contributed by atoms with van der Waals surface area (Å²) in [6.45, 7) is 9.53. The highest BCUT2D eigenvalue weighted by Crippen LogP contribution is 2.34. The van der Waals surface area contributed by atoms with Crippen LogP contribution in [0.5, 0.6) is 0 Å². The van der Waals surface area contributed by atoms with Crippen LogP contribution in [0, 0.1) is 0 Å². The van der Waals surface area contributed by atoms with E-state index >= 15 is 0 Å². The van der Waals surface area contributed by atoms with Crippen molar-refractivity contribution < 1.29 is 9.53 Å². The molecule has 6 nitrogen and oxygen atoms in total. The Morgan fingerprint density at radius 1 is 1.12 bits per heavy atom. The van der Waals surface area contributed by atoms with Crippen LogP contribution < -0.4 is 5.56 Å². The van der Waals surface area contributed by atoms with Gasteiger partial charge >= 0.3 is 5.97 Å². The molecule has 0 atom stereocenters. The van der Waals surface area contributed by atoms with Crippen LogP contribution in [0.4, 0.5) is 0 Å². The second-order valence-corrected chi connectivity index (χ2v) is 9.69. The number of carbonyl (C=O) groups excluding carboxylic acids is 1. The van der Waals surface area contributed by atoms with Crippen LogP contribution in [0.2, 0.25) is 0 Å². The van der Waals surface area contributed by atoms with Gasteiger partial charge in [0.2, 0.25) is 0 Å². The SMILES string of the molecule is CCCOC(=O)c1ccc(Cn2c(CN(CC)CC)nc3sc4c(c3c2=O)CCCC4)cc1. The van der Waals surface area contributed by atoms with Crippen LogP contribution in [-0.4, -0.2) is 40.1 Å². The smallest absolute Gasteiger partial charge is 0.338 e. The molecular formula is C26H33N3O3S. The fourth-order valence-corrected chi connectivity index (χ4v) is 5.69. The van der Waals surface area contributed by atoms with Gasteiger partial charge in [0.1, 0.15) is 10.7 Å². The number of rotatable bonds is 9. The summed E-state index contributed by atoms with van der Waals surface area (Å²) >= 11 is 1.70. The molecule has 0 bridgehead atoms. The molecule has 2 heterocycles. The van der Waals surface area contributed by atoms with E-state index in [9.17, 15) is 9.59 Å². The lowest BCUT2D eigenvalue weighted by atomic mass is 9.97. The predicted octanol–water partition coefficient (Wildman–Crippen LogP) is 4.79. The maximum Gasteiger partial charge on any atom is 0.338 e. The van der Waals surface area contributed by atoms with E-state index in [2.05, 4.69) is 18.7 Å². The van der Waals surface area contributed by atoms with E-state index in [4.69, 9.17) is 9.72 Å². The zero-order chi connectivity index (χ0) is 23.4. The molecule has 0 unspecified atom stereocenters. The van der Waals surface area contributed by atoms with Crippen molar-refractivity contribution in [1.82, 2.24) is 14.5 Å². The zero-order valence-corrected chi connectivity index (χ0v) is 20.7. The first-order valence-corrected chi connectivity index (χ1v) is 12.9. The Balaban J connectivity index is 1.72. The maximum absolute atomic E-state index is 13.8. The van der Waals surface area contributed by atoms with Crippen LogP contribution in [0.1, 0.15) is 72.2 Å². The molecule has 1 aliphatic carbocycles. The maximum atomic E-state index is 13.8. The summed E-state index contributed by atoms with van der Waals surface area (Å²) in [5.41, 5.74) is 2.78. The molecule has 3 aromatic rings. The minimum Gasteiger partial charge on any atom is -0.462 e. The molecule has 176 valence electrons. The Labute approximate surface area is 199 Å². The topological polar surface area (TPSA) is 64.4 Å². The van der Waals surface area contributed by atoms with E-state index in [0.717, 1.165) is 60.4 Å². The van der Waals surface area contributed by atoms with E-state index in [0.29, 0.717) is 25.3 Å². The molecule has 1 aliphatic rings. The van der Waals surface area contributed by atoms with Crippen molar-refractivity contribution >= 4 is 27.5 Å². The number of esters is 1. The third kappa shape index (κ3) is 5.04. The van der Waals surface area contributed by atoms with E-state index in [1.165, 1.54) is 16.9 Å². The lowest BCUT2D eigenvalue weighted by Gasteiger charge is -2.20. The molecule has 0 fully saturated rings. The van der Waals surface area contributed by atoms with Gasteiger partial charge in [0, 0.05) is 4.88 Å². The summed E-state index contributed by atoms with van der Waals surface area (Å²) in [6, 6.07) is 7.37. The number of aryl methyl sites for hydroxylation is 2. The predicted molar refractivity (Wildman–Crippen MR) is 133 cm³/mol. The lowest BCUT2D eigenvalue weighted by Crippen LogP contribution is -2.31. The molecule has 0 aliphatic heterocycles. The van der Waals surface area contributed by atoms with E-state index in [-0.39, 0.29) is 11.5 Å². The number of hydrogen-bond acceptors (Lipinski definition) is 6. The van der Waals surface area contributed by atoms with Crippen molar-refractivity contribution in [1.29, 1.82) is 0 Å². The van der Waals surface area contributed by atoms with Crippen molar-refractivity contribution in [2.45, 2.75) is 66.0 Å². The average Bonchev–Trinajstić information content (AvgIpc) is 3.22. The summed E-state index contributed by atoms with van der Waals surface area (Å²) in [5, 5.41) is 0.817. The highest BCUT2D eigenvalue weighted by atomic mass is 32.1. The van der Waals surface area contributed by atoms with Gasteiger partial charge in [-0.15, -0.1) is 11.3 Å². The summed E-state index contributed by atoms with van der Waals surface area (Å²) in [7, 11) is 0. The van der Waals surface area contributed by atoms with E-state index < -0.39 is 0 Å². The molecule has 0 spiro atoms. The molecule has 0 amide bonds. The van der Waals surface area contributed by atoms with Crippen molar-refractivity contribution in [3.05, 3.63) is 62.0 Å². The van der Waals surface area contributed by atoms with Crippen LogP contribution in [0.3, 0.4) is 0 Å². The first kappa shape index (κ1) is 23.6. The van der Waals surface area contributed by atoms with Crippen molar-refractivity contribution in [2.24, 2.45) is 0 Å². The van der Waals surface area contributed by atoms with Gasteiger partial charge in [-0.05, 0) is 68.5 Å². The Morgan fingerprint density at radius 3 is 2.55 bits per heavy atom. The molecule has 0 saturated carbocycles. The van der Waals surface area contributed by atoms with Gasteiger partial charge < -0.3 is 4.74 Å². The first-order chi connectivity index (χ1) is 16.0. The van der Waals surface area contributed by atoms with Crippen LogP contribution in [-0.2, 0) is 30.7 Å². The number of nitrogens with zero attached hydrogens (tertiary/aromatic N) is 3. The van der Waals surface area contributed by atoms with E-state index in [1.54, 1.807) is 23.5 Å². The van der Waals surface area contributed by atoms with E-state index in [1.807, 2.05) is 23.6 Å². The Bertz CT molecular complexity index is 1180. The monoisotopic (exact) mass is 467 g/mol. The molecule has 0 N–H and O–H groups in total. The number of carbonyl (C=O) groups is 1. The third-order valence-electron chi connectivity index (χ3n) is 6.38. The number of fused-ring (bicyclic) bond motifs is 3. The van der Waals surface area contributed by atoms with Gasteiger partial charge in [-0.3, -0.25) is 14.3 Å². The molecule has 0 radical (unpaired) electrons. The molecule has 2 aromatic heterocycles. The highest BCUT2D eigenvalue weighted by Gasteiger charge is 2.22. The normalized spacial score (nSPS) is 13.5.